The van der Waals surface area contributed by atoms with Gasteiger partial charge in [0.05, 0.1) is 4.90 Å². The van der Waals surface area contributed by atoms with Gasteiger partial charge in [0, 0.05) is 22.2 Å². The normalized spacial score (nSPS) is 15.0. The van der Waals surface area contributed by atoms with Crippen LogP contribution in [0, 0.1) is 0 Å². The van der Waals surface area contributed by atoms with Gasteiger partial charge in [-0.05, 0) is 55.3 Å². The van der Waals surface area contributed by atoms with Crippen LogP contribution in [-0.4, -0.2) is 26.1 Å². The van der Waals surface area contributed by atoms with Crippen molar-refractivity contribution in [3.63, 3.8) is 0 Å². The van der Waals surface area contributed by atoms with Crippen LogP contribution in [0.15, 0.2) is 58.3 Å². The van der Waals surface area contributed by atoms with Gasteiger partial charge >= 0.3 is 0 Å². The van der Waals surface area contributed by atoms with Gasteiger partial charge in [0.2, 0.25) is 0 Å². The van der Waals surface area contributed by atoms with Crippen LogP contribution in [0.5, 0.6) is 0 Å². The van der Waals surface area contributed by atoms with Crippen LogP contribution in [0.4, 0.5) is 14.5 Å². The average Bonchev–Trinajstić information content (AvgIpc) is 3.16. The van der Waals surface area contributed by atoms with Crippen molar-refractivity contribution in [3.05, 3.63) is 54.1 Å². The largest absolute Gasteiger partial charge is 0.349 e. The van der Waals surface area contributed by atoms with Crippen molar-refractivity contribution in [2.24, 2.45) is 0 Å². The van der Waals surface area contributed by atoms with E-state index in [1.807, 2.05) is 0 Å². The third-order valence-corrected chi connectivity index (χ3v) is 6.53. The Morgan fingerprint density at radius 1 is 1.07 bits per heavy atom. The number of amides is 1. The molecule has 0 saturated heterocycles. The number of halogens is 2. The number of anilines is 1. The van der Waals surface area contributed by atoms with Crippen molar-refractivity contribution in [1.29, 1.82) is 0 Å². The quantitative estimate of drug-likeness (QED) is 0.641. The highest BCUT2D eigenvalue weighted by molar-refractivity contribution is 7.99. The summed E-state index contributed by atoms with van der Waals surface area (Å²) in [6, 6.07) is 11.6. The Morgan fingerprint density at radius 2 is 1.75 bits per heavy atom. The maximum absolute atomic E-state index is 12.6. The molecule has 5 nitrogen and oxygen atoms in total. The molecule has 0 spiro atoms. The highest BCUT2D eigenvalue weighted by atomic mass is 32.2. The Kier molecular flexibility index (Phi) is 6.56. The fourth-order valence-electron chi connectivity index (χ4n) is 3.06. The number of thioether (sulfide) groups is 1. The second-order valence-corrected chi connectivity index (χ2v) is 9.24. The molecule has 1 fully saturated rings. The maximum Gasteiger partial charge on any atom is 0.288 e. The lowest BCUT2D eigenvalue weighted by atomic mass is 10.2. The third kappa shape index (κ3) is 5.45. The van der Waals surface area contributed by atoms with Crippen molar-refractivity contribution in [2.45, 2.75) is 47.3 Å². The number of rotatable bonds is 7. The van der Waals surface area contributed by atoms with Crippen LogP contribution in [0.3, 0.4) is 0 Å². The summed E-state index contributed by atoms with van der Waals surface area (Å²) >= 11 is 0.384. The molecule has 0 unspecified atom stereocenters. The lowest BCUT2D eigenvalue weighted by molar-refractivity contribution is 0.0937. The van der Waals surface area contributed by atoms with Crippen LogP contribution in [0.25, 0.3) is 0 Å². The lowest BCUT2D eigenvalue weighted by Crippen LogP contribution is -2.32. The van der Waals surface area contributed by atoms with Gasteiger partial charge in [0.1, 0.15) is 0 Å². The van der Waals surface area contributed by atoms with Crippen molar-refractivity contribution in [1.82, 2.24) is 5.32 Å². The molecule has 3 rings (SSSR count). The summed E-state index contributed by atoms with van der Waals surface area (Å²) in [4.78, 5) is 12.7. The summed E-state index contributed by atoms with van der Waals surface area (Å²) in [5.74, 6) is -2.84. The first-order chi connectivity index (χ1) is 13.3. The number of sulfonamides is 1. The summed E-state index contributed by atoms with van der Waals surface area (Å²) < 4.78 is 52.4. The second-order valence-electron chi connectivity index (χ2n) is 6.49. The molecule has 1 aliphatic rings. The Labute approximate surface area is 167 Å². The van der Waals surface area contributed by atoms with E-state index >= 15 is 0 Å². The summed E-state index contributed by atoms with van der Waals surface area (Å²) in [5.41, 5.74) is 0.526. The predicted molar refractivity (Wildman–Crippen MR) is 105 cm³/mol. The Balaban J connectivity index is 1.71. The van der Waals surface area contributed by atoms with Crippen molar-refractivity contribution < 1.29 is 22.0 Å². The zero-order valence-electron chi connectivity index (χ0n) is 14.9. The van der Waals surface area contributed by atoms with Crippen LogP contribution in [0.2, 0.25) is 0 Å². The molecular formula is C19H20F2N2O3S2. The zero-order chi connectivity index (χ0) is 20.1. The van der Waals surface area contributed by atoms with Crippen LogP contribution in [-0.2, 0) is 10.0 Å². The number of hydrogen-bond donors (Lipinski definition) is 2. The molecule has 0 aliphatic heterocycles. The van der Waals surface area contributed by atoms with E-state index in [1.54, 1.807) is 6.07 Å². The molecule has 9 heteroatoms. The first-order valence-electron chi connectivity index (χ1n) is 8.82. The van der Waals surface area contributed by atoms with Crippen molar-refractivity contribution in [2.75, 3.05) is 4.72 Å². The van der Waals surface area contributed by atoms with Gasteiger partial charge in [-0.2, -0.15) is 8.78 Å². The lowest BCUT2D eigenvalue weighted by Gasteiger charge is -2.13. The highest BCUT2D eigenvalue weighted by Crippen LogP contribution is 2.27. The maximum atomic E-state index is 12.6. The standard InChI is InChI=1S/C19H20F2N2O3S2/c20-19(21)27-16-10-8-15(9-11-16)23-28(25,26)17-7-3-4-13(12-17)18(24)22-14-5-1-2-6-14/h3-4,7-12,14,19,23H,1-2,5-6H2,(H,22,24). The summed E-state index contributed by atoms with van der Waals surface area (Å²) in [5, 5.41) is 2.93. The fraction of sp³-hybridized carbons (Fsp3) is 0.316. The number of hydrogen-bond acceptors (Lipinski definition) is 4. The molecule has 0 atom stereocenters. The Bertz CT molecular complexity index is 928. The predicted octanol–water partition coefficient (Wildman–Crippen LogP) is 4.47. The van der Waals surface area contributed by atoms with Gasteiger partial charge in [-0.25, -0.2) is 8.42 Å². The molecule has 1 amide bonds. The van der Waals surface area contributed by atoms with E-state index in [0.717, 1.165) is 25.7 Å². The number of carbonyl (C=O) groups is 1. The van der Waals surface area contributed by atoms with Crippen molar-refractivity contribution in [3.8, 4) is 0 Å². The Hall–Kier alpha value is -2.13. The minimum absolute atomic E-state index is 0.0439. The van der Waals surface area contributed by atoms with Crippen LogP contribution < -0.4 is 10.0 Å². The number of benzene rings is 2. The van der Waals surface area contributed by atoms with E-state index in [0.29, 0.717) is 16.7 Å². The van der Waals surface area contributed by atoms with E-state index in [-0.39, 0.29) is 28.1 Å². The number of nitrogens with one attached hydrogen (secondary N) is 2. The molecule has 150 valence electrons. The molecule has 28 heavy (non-hydrogen) atoms. The molecule has 0 bridgehead atoms. The van der Waals surface area contributed by atoms with Crippen molar-refractivity contribution >= 4 is 33.4 Å². The van der Waals surface area contributed by atoms with Gasteiger partial charge in [-0.1, -0.05) is 30.7 Å². The van der Waals surface area contributed by atoms with Gasteiger partial charge in [-0.15, -0.1) is 0 Å². The van der Waals surface area contributed by atoms with Crippen LogP contribution in [0.1, 0.15) is 36.0 Å². The highest BCUT2D eigenvalue weighted by Gasteiger charge is 2.20. The average molecular weight is 427 g/mol. The Morgan fingerprint density at radius 3 is 2.39 bits per heavy atom. The summed E-state index contributed by atoms with van der Waals surface area (Å²) in [6.07, 6.45) is 4.03. The van der Waals surface area contributed by atoms with Gasteiger partial charge in [-0.3, -0.25) is 9.52 Å². The van der Waals surface area contributed by atoms with E-state index in [1.165, 1.54) is 42.5 Å². The number of carbonyl (C=O) groups excluding carboxylic acids is 1. The topological polar surface area (TPSA) is 75.3 Å². The SMILES string of the molecule is O=C(NC1CCCC1)c1cccc(S(=O)(=O)Nc2ccc(SC(F)F)cc2)c1. The molecule has 2 aromatic rings. The molecule has 1 saturated carbocycles. The fourth-order valence-corrected chi connectivity index (χ4v) is 4.66. The third-order valence-electron chi connectivity index (χ3n) is 4.43. The first kappa shape index (κ1) is 20.6. The van der Waals surface area contributed by atoms with Gasteiger partial charge < -0.3 is 5.32 Å². The van der Waals surface area contributed by atoms with E-state index < -0.39 is 15.8 Å². The smallest absolute Gasteiger partial charge is 0.288 e. The summed E-state index contributed by atoms with van der Waals surface area (Å²) in [7, 11) is -3.92. The zero-order valence-corrected chi connectivity index (χ0v) is 16.5. The second kappa shape index (κ2) is 8.91. The first-order valence-corrected chi connectivity index (χ1v) is 11.2. The molecular weight excluding hydrogens is 406 g/mol. The molecule has 0 aromatic heterocycles. The van der Waals surface area contributed by atoms with Crippen LogP contribution >= 0.6 is 11.8 Å². The molecule has 2 N–H and O–H groups in total. The molecule has 0 heterocycles. The summed E-state index contributed by atoms with van der Waals surface area (Å²) in [6.45, 7) is 0. The van der Waals surface area contributed by atoms with E-state index in [2.05, 4.69) is 10.0 Å². The van der Waals surface area contributed by atoms with E-state index in [9.17, 15) is 22.0 Å². The molecule has 0 radical (unpaired) electrons. The van der Waals surface area contributed by atoms with E-state index in [4.69, 9.17) is 0 Å². The minimum Gasteiger partial charge on any atom is -0.349 e. The van der Waals surface area contributed by atoms with Gasteiger partial charge in [0.15, 0.2) is 0 Å². The monoisotopic (exact) mass is 426 g/mol. The molecule has 1 aliphatic carbocycles. The minimum atomic E-state index is -3.92. The number of alkyl halides is 2. The van der Waals surface area contributed by atoms with Gasteiger partial charge in [0.25, 0.3) is 21.7 Å². The molecule has 2 aromatic carbocycles.